The van der Waals surface area contributed by atoms with E-state index >= 15 is 0 Å². The first-order valence-corrected chi connectivity index (χ1v) is 6.70. The van der Waals surface area contributed by atoms with Crippen LogP contribution in [0.15, 0.2) is 47.4 Å². The molecule has 100 valence electrons. The van der Waals surface area contributed by atoms with Gasteiger partial charge < -0.3 is 5.73 Å². The molecule has 2 aromatic rings. The zero-order valence-electron chi connectivity index (χ0n) is 9.60. The highest BCUT2D eigenvalue weighted by Crippen LogP contribution is 2.20. The van der Waals surface area contributed by atoms with Crippen molar-refractivity contribution in [3.63, 3.8) is 0 Å². The molecule has 0 bridgehead atoms. The van der Waals surface area contributed by atoms with E-state index in [9.17, 15) is 17.2 Å². The Morgan fingerprint density at radius 1 is 1.05 bits per heavy atom. The van der Waals surface area contributed by atoms with Crippen LogP contribution in [0.5, 0.6) is 0 Å². The van der Waals surface area contributed by atoms with Crippen LogP contribution in [-0.4, -0.2) is 8.42 Å². The first kappa shape index (κ1) is 13.3. The molecule has 0 aliphatic carbocycles. The summed E-state index contributed by atoms with van der Waals surface area (Å²) in [5.41, 5.74) is 5.20. The third-order valence-electron chi connectivity index (χ3n) is 2.36. The SMILES string of the molecule is Nc1ccc(NS(=O)(=O)c2cccc(F)c2)cc1F. The van der Waals surface area contributed by atoms with Crippen molar-refractivity contribution in [1.29, 1.82) is 0 Å². The summed E-state index contributed by atoms with van der Waals surface area (Å²) < 4.78 is 52.2. The number of rotatable bonds is 3. The lowest BCUT2D eigenvalue weighted by molar-refractivity contribution is 0.595. The molecule has 0 saturated carbocycles. The average molecular weight is 284 g/mol. The van der Waals surface area contributed by atoms with E-state index in [1.807, 2.05) is 0 Å². The van der Waals surface area contributed by atoms with Gasteiger partial charge in [-0.2, -0.15) is 0 Å². The van der Waals surface area contributed by atoms with Gasteiger partial charge in [-0.25, -0.2) is 17.2 Å². The van der Waals surface area contributed by atoms with Crippen molar-refractivity contribution in [2.24, 2.45) is 0 Å². The summed E-state index contributed by atoms with van der Waals surface area (Å²) in [4.78, 5) is -0.246. The molecule has 0 aliphatic heterocycles. The monoisotopic (exact) mass is 284 g/mol. The number of nitrogen functional groups attached to an aromatic ring is 1. The largest absolute Gasteiger partial charge is 0.396 e. The van der Waals surface area contributed by atoms with E-state index in [2.05, 4.69) is 4.72 Å². The maximum atomic E-state index is 13.2. The van der Waals surface area contributed by atoms with E-state index in [1.54, 1.807) is 0 Å². The van der Waals surface area contributed by atoms with Gasteiger partial charge in [-0.3, -0.25) is 4.72 Å². The van der Waals surface area contributed by atoms with Crippen molar-refractivity contribution >= 4 is 21.4 Å². The minimum absolute atomic E-state index is 0.0101. The van der Waals surface area contributed by atoms with Crippen molar-refractivity contribution in [2.75, 3.05) is 10.5 Å². The van der Waals surface area contributed by atoms with Crippen LogP contribution < -0.4 is 10.5 Å². The minimum Gasteiger partial charge on any atom is -0.396 e. The number of nitrogens with two attached hydrogens (primary N) is 1. The van der Waals surface area contributed by atoms with E-state index < -0.39 is 21.7 Å². The third-order valence-corrected chi connectivity index (χ3v) is 3.74. The molecule has 0 atom stereocenters. The maximum Gasteiger partial charge on any atom is 0.261 e. The molecule has 19 heavy (non-hydrogen) atoms. The lowest BCUT2D eigenvalue weighted by Crippen LogP contribution is -2.13. The fourth-order valence-electron chi connectivity index (χ4n) is 1.44. The highest BCUT2D eigenvalue weighted by atomic mass is 32.2. The van der Waals surface area contributed by atoms with Crippen LogP contribution in [0, 0.1) is 11.6 Å². The molecule has 2 rings (SSSR count). The molecule has 0 fully saturated rings. The molecule has 3 N–H and O–H groups in total. The van der Waals surface area contributed by atoms with Gasteiger partial charge in [-0.1, -0.05) is 6.07 Å². The smallest absolute Gasteiger partial charge is 0.261 e. The molecule has 0 amide bonds. The summed E-state index contributed by atoms with van der Waals surface area (Å²) in [6.45, 7) is 0. The van der Waals surface area contributed by atoms with Crippen molar-refractivity contribution in [2.45, 2.75) is 4.90 Å². The van der Waals surface area contributed by atoms with Gasteiger partial charge >= 0.3 is 0 Å². The van der Waals surface area contributed by atoms with Gasteiger partial charge in [0.15, 0.2) is 0 Å². The van der Waals surface area contributed by atoms with Gasteiger partial charge in [0.1, 0.15) is 11.6 Å². The number of benzene rings is 2. The molecule has 0 aromatic heterocycles. The molecule has 4 nitrogen and oxygen atoms in total. The molecule has 0 saturated heterocycles. The number of hydrogen-bond donors (Lipinski definition) is 2. The number of sulfonamides is 1. The van der Waals surface area contributed by atoms with Crippen LogP contribution in [0.3, 0.4) is 0 Å². The highest BCUT2D eigenvalue weighted by Gasteiger charge is 2.15. The van der Waals surface area contributed by atoms with Crippen LogP contribution in [-0.2, 0) is 10.0 Å². The van der Waals surface area contributed by atoms with E-state index in [-0.39, 0.29) is 16.3 Å². The molecule has 0 spiro atoms. The van der Waals surface area contributed by atoms with Crippen LogP contribution >= 0.6 is 0 Å². The van der Waals surface area contributed by atoms with Crippen molar-refractivity contribution in [3.8, 4) is 0 Å². The predicted octanol–water partition coefficient (Wildman–Crippen LogP) is 2.35. The summed E-state index contributed by atoms with van der Waals surface area (Å²) in [7, 11) is -3.96. The predicted molar refractivity (Wildman–Crippen MR) is 68.0 cm³/mol. The Balaban J connectivity index is 2.33. The quantitative estimate of drug-likeness (QED) is 0.850. The second-order valence-corrected chi connectivity index (χ2v) is 5.48. The van der Waals surface area contributed by atoms with Gasteiger partial charge in [0.2, 0.25) is 0 Å². The van der Waals surface area contributed by atoms with E-state index in [4.69, 9.17) is 5.73 Å². The van der Waals surface area contributed by atoms with E-state index in [1.165, 1.54) is 24.3 Å². The topological polar surface area (TPSA) is 72.2 Å². The maximum absolute atomic E-state index is 13.2. The molecule has 0 unspecified atom stereocenters. The summed E-state index contributed by atoms with van der Waals surface area (Å²) in [5, 5.41) is 0. The number of halogens is 2. The summed E-state index contributed by atoms with van der Waals surface area (Å²) >= 11 is 0. The van der Waals surface area contributed by atoms with Crippen LogP contribution in [0.25, 0.3) is 0 Å². The molecule has 0 aliphatic rings. The molecular formula is C12H10F2N2O2S. The second-order valence-electron chi connectivity index (χ2n) is 3.80. The molecule has 7 heteroatoms. The van der Waals surface area contributed by atoms with Crippen LogP contribution in [0.4, 0.5) is 20.2 Å². The number of nitrogens with one attached hydrogen (secondary N) is 1. The van der Waals surface area contributed by atoms with Crippen molar-refractivity contribution < 1.29 is 17.2 Å². The normalized spacial score (nSPS) is 11.3. The first-order chi connectivity index (χ1) is 8.88. The fraction of sp³-hybridized carbons (Fsp3) is 0. The zero-order valence-corrected chi connectivity index (χ0v) is 10.4. The lowest BCUT2D eigenvalue weighted by atomic mass is 10.3. The molecular weight excluding hydrogens is 274 g/mol. The Hall–Kier alpha value is -2.15. The lowest BCUT2D eigenvalue weighted by Gasteiger charge is -2.08. The Morgan fingerprint density at radius 3 is 2.42 bits per heavy atom. The summed E-state index contributed by atoms with van der Waals surface area (Å²) in [6.07, 6.45) is 0. The Morgan fingerprint density at radius 2 is 1.79 bits per heavy atom. The molecule has 0 heterocycles. The van der Waals surface area contributed by atoms with Crippen molar-refractivity contribution in [3.05, 3.63) is 54.1 Å². The minimum atomic E-state index is -3.96. The zero-order chi connectivity index (χ0) is 14.0. The van der Waals surface area contributed by atoms with Gasteiger partial charge in [-0.05, 0) is 30.3 Å². The standard InChI is InChI=1S/C12H10F2N2O2S/c13-8-2-1-3-10(6-8)19(17,18)16-9-4-5-12(15)11(14)7-9/h1-7,16H,15H2. The van der Waals surface area contributed by atoms with Gasteiger partial charge in [0, 0.05) is 6.07 Å². The van der Waals surface area contributed by atoms with Gasteiger partial charge in [0.05, 0.1) is 16.3 Å². The van der Waals surface area contributed by atoms with Crippen LogP contribution in [0.1, 0.15) is 0 Å². The Labute approximate surface area is 108 Å². The third kappa shape index (κ3) is 3.00. The van der Waals surface area contributed by atoms with Gasteiger partial charge in [-0.15, -0.1) is 0 Å². The first-order valence-electron chi connectivity index (χ1n) is 5.22. The Bertz CT molecular complexity index is 717. The summed E-state index contributed by atoms with van der Waals surface area (Å²) in [5.74, 6) is -1.41. The fourth-order valence-corrected chi connectivity index (χ4v) is 2.52. The van der Waals surface area contributed by atoms with Crippen molar-refractivity contribution in [1.82, 2.24) is 0 Å². The number of anilines is 2. The van der Waals surface area contributed by atoms with Crippen LogP contribution in [0.2, 0.25) is 0 Å². The van der Waals surface area contributed by atoms with E-state index in [0.717, 1.165) is 18.2 Å². The molecule has 0 radical (unpaired) electrons. The Kier molecular flexibility index (Phi) is 3.39. The van der Waals surface area contributed by atoms with E-state index in [0.29, 0.717) is 0 Å². The van der Waals surface area contributed by atoms with Gasteiger partial charge in [0.25, 0.3) is 10.0 Å². The average Bonchev–Trinajstić information content (AvgIpc) is 2.33. The highest BCUT2D eigenvalue weighted by molar-refractivity contribution is 7.92. The number of hydrogen-bond acceptors (Lipinski definition) is 3. The molecule has 2 aromatic carbocycles. The summed E-state index contributed by atoms with van der Waals surface area (Å²) in [6, 6.07) is 8.00. The second kappa shape index (κ2) is 4.85.